The number of rotatable bonds is 10. The highest BCUT2D eigenvalue weighted by molar-refractivity contribution is 7.89. The number of sulfonamides is 1. The summed E-state index contributed by atoms with van der Waals surface area (Å²) in [6, 6.07) is 8.36. The number of halogens is 1. The van der Waals surface area contributed by atoms with E-state index in [1.165, 1.54) is 10.5 Å². The molecule has 0 fully saturated rings. The van der Waals surface area contributed by atoms with Crippen molar-refractivity contribution < 1.29 is 13.2 Å². The number of hydrogen-bond donors (Lipinski definition) is 1. The molecule has 10 heteroatoms. The van der Waals surface area contributed by atoms with Crippen molar-refractivity contribution in [2.24, 2.45) is 0 Å². The van der Waals surface area contributed by atoms with Crippen LogP contribution in [-0.4, -0.2) is 46.3 Å². The standard InChI is InChI=1S/C22H28ClN5O3S/c1-4-13-28-19-9-8-17(32(30,31)27(5-2)6-3)14-18(19)25-21(28)11-12-22(29)26-20-10-7-16(23)15-24-20/h7-10,14-15H,4-6,11-13H2,1-3H3,(H,24,26,29). The minimum atomic E-state index is -3.57. The van der Waals surface area contributed by atoms with Gasteiger partial charge in [0.15, 0.2) is 0 Å². The molecule has 0 aliphatic carbocycles. The van der Waals surface area contributed by atoms with Crippen molar-refractivity contribution in [2.75, 3.05) is 18.4 Å². The van der Waals surface area contributed by atoms with Gasteiger partial charge in [-0.15, -0.1) is 0 Å². The zero-order chi connectivity index (χ0) is 23.3. The zero-order valence-corrected chi connectivity index (χ0v) is 20.1. The molecule has 0 bridgehead atoms. The fourth-order valence-electron chi connectivity index (χ4n) is 3.58. The maximum atomic E-state index is 12.9. The number of hydrogen-bond acceptors (Lipinski definition) is 5. The first-order chi connectivity index (χ1) is 15.3. The molecule has 0 saturated carbocycles. The highest BCUT2D eigenvalue weighted by atomic mass is 35.5. The molecule has 0 unspecified atom stereocenters. The summed E-state index contributed by atoms with van der Waals surface area (Å²) in [6.07, 6.45) is 3.01. The number of aryl methyl sites for hydroxylation is 2. The van der Waals surface area contributed by atoms with Crippen molar-refractivity contribution in [3.8, 4) is 0 Å². The van der Waals surface area contributed by atoms with Crippen LogP contribution in [0.2, 0.25) is 5.02 Å². The normalized spacial score (nSPS) is 11.9. The van der Waals surface area contributed by atoms with Crippen molar-refractivity contribution in [1.82, 2.24) is 18.8 Å². The van der Waals surface area contributed by atoms with Gasteiger partial charge < -0.3 is 9.88 Å². The molecule has 2 heterocycles. The van der Waals surface area contributed by atoms with Crippen LogP contribution in [0.1, 0.15) is 39.4 Å². The number of carbonyl (C=O) groups is 1. The lowest BCUT2D eigenvalue weighted by molar-refractivity contribution is -0.116. The van der Waals surface area contributed by atoms with E-state index in [0.717, 1.165) is 24.3 Å². The van der Waals surface area contributed by atoms with Gasteiger partial charge in [0.1, 0.15) is 11.6 Å². The number of carbonyl (C=O) groups excluding carboxylic acids is 1. The molecular weight excluding hydrogens is 450 g/mol. The predicted octanol–water partition coefficient (Wildman–Crippen LogP) is 4.10. The van der Waals surface area contributed by atoms with Crippen LogP contribution in [0.15, 0.2) is 41.4 Å². The topological polar surface area (TPSA) is 97.2 Å². The number of anilines is 1. The Morgan fingerprint density at radius 1 is 1.16 bits per heavy atom. The number of fused-ring (bicyclic) bond motifs is 1. The van der Waals surface area contributed by atoms with E-state index in [1.54, 1.807) is 30.3 Å². The van der Waals surface area contributed by atoms with E-state index in [-0.39, 0.29) is 17.2 Å². The number of imidazole rings is 1. The van der Waals surface area contributed by atoms with Gasteiger partial charge in [0, 0.05) is 38.7 Å². The lowest BCUT2D eigenvalue weighted by Crippen LogP contribution is -2.30. The van der Waals surface area contributed by atoms with Crippen molar-refractivity contribution in [3.63, 3.8) is 0 Å². The molecule has 3 rings (SSSR count). The molecule has 2 aromatic heterocycles. The van der Waals surface area contributed by atoms with Gasteiger partial charge in [-0.2, -0.15) is 4.31 Å². The van der Waals surface area contributed by atoms with Crippen molar-refractivity contribution >= 4 is 44.4 Å². The smallest absolute Gasteiger partial charge is 0.243 e. The Hall–Kier alpha value is -2.49. The number of amides is 1. The van der Waals surface area contributed by atoms with E-state index in [1.807, 2.05) is 13.8 Å². The molecule has 3 aromatic rings. The second kappa shape index (κ2) is 10.4. The zero-order valence-electron chi connectivity index (χ0n) is 18.5. The molecule has 0 aliphatic rings. The SMILES string of the molecule is CCCn1c(CCC(=O)Nc2ccc(Cl)cn2)nc2cc(S(=O)(=O)N(CC)CC)ccc21. The van der Waals surface area contributed by atoms with E-state index in [2.05, 4.69) is 26.8 Å². The Balaban J connectivity index is 1.83. The third kappa shape index (κ3) is 5.28. The van der Waals surface area contributed by atoms with Crippen LogP contribution >= 0.6 is 11.6 Å². The first-order valence-electron chi connectivity index (χ1n) is 10.7. The summed E-state index contributed by atoms with van der Waals surface area (Å²) < 4.78 is 29.3. The molecule has 0 saturated heterocycles. The number of nitrogens with one attached hydrogen (secondary N) is 1. The molecule has 0 atom stereocenters. The molecule has 32 heavy (non-hydrogen) atoms. The molecule has 8 nitrogen and oxygen atoms in total. The fraction of sp³-hybridized carbons (Fsp3) is 0.409. The molecule has 1 N–H and O–H groups in total. The molecule has 1 amide bonds. The summed E-state index contributed by atoms with van der Waals surface area (Å²) in [7, 11) is -3.57. The van der Waals surface area contributed by atoms with Gasteiger partial charge in [-0.25, -0.2) is 18.4 Å². The van der Waals surface area contributed by atoms with Crippen LogP contribution < -0.4 is 5.32 Å². The van der Waals surface area contributed by atoms with E-state index in [9.17, 15) is 13.2 Å². The molecule has 0 spiro atoms. The largest absolute Gasteiger partial charge is 0.328 e. The summed E-state index contributed by atoms with van der Waals surface area (Å²) in [5, 5.41) is 3.25. The highest BCUT2D eigenvalue weighted by Crippen LogP contribution is 2.24. The molecule has 172 valence electrons. The van der Waals surface area contributed by atoms with Crippen molar-refractivity contribution in [1.29, 1.82) is 0 Å². The fourth-order valence-corrected chi connectivity index (χ4v) is 5.17. The molecule has 0 aliphatic heterocycles. The Bertz CT molecular complexity index is 1190. The van der Waals surface area contributed by atoms with Gasteiger partial charge in [0.05, 0.1) is 21.0 Å². The monoisotopic (exact) mass is 477 g/mol. The van der Waals surface area contributed by atoms with Crippen molar-refractivity contribution in [3.05, 3.63) is 47.4 Å². The van der Waals surface area contributed by atoms with Crippen LogP contribution in [0, 0.1) is 0 Å². The minimum Gasteiger partial charge on any atom is -0.328 e. The first-order valence-corrected chi connectivity index (χ1v) is 12.5. The van der Waals surface area contributed by atoms with E-state index >= 15 is 0 Å². The van der Waals surface area contributed by atoms with Gasteiger partial charge in [-0.05, 0) is 36.8 Å². The Morgan fingerprint density at radius 2 is 1.91 bits per heavy atom. The van der Waals surface area contributed by atoms with Crippen LogP contribution in [0.4, 0.5) is 5.82 Å². The minimum absolute atomic E-state index is 0.181. The Morgan fingerprint density at radius 3 is 2.53 bits per heavy atom. The summed E-state index contributed by atoms with van der Waals surface area (Å²) in [4.78, 5) is 21.3. The molecule has 0 radical (unpaired) electrons. The summed E-state index contributed by atoms with van der Waals surface area (Å²) >= 11 is 5.82. The predicted molar refractivity (Wildman–Crippen MR) is 126 cm³/mol. The highest BCUT2D eigenvalue weighted by Gasteiger charge is 2.23. The summed E-state index contributed by atoms with van der Waals surface area (Å²) in [6.45, 7) is 7.24. The van der Waals surface area contributed by atoms with Gasteiger partial charge in [0.25, 0.3) is 0 Å². The van der Waals surface area contributed by atoms with Gasteiger partial charge in [-0.1, -0.05) is 32.4 Å². The lowest BCUT2D eigenvalue weighted by atomic mass is 10.2. The van der Waals surface area contributed by atoms with E-state index < -0.39 is 10.0 Å². The van der Waals surface area contributed by atoms with Gasteiger partial charge >= 0.3 is 0 Å². The maximum absolute atomic E-state index is 12.9. The van der Waals surface area contributed by atoms with E-state index in [4.69, 9.17) is 11.6 Å². The Kier molecular flexibility index (Phi) is 7.86. The lowest BCUT2D eigenvalue weighted by Gasteiger charge is -2.18. The van der Waals surface area contributed by atoms with Crippen LogP contribution in [0.25, 0.3) is 11.0 Å². The number of benzene rings is 1. The van der Waals surface area contributed by atoms with Gasteiger partial charge in [-0.3, -0.25) is 4.79 Å². The summed E-state index contributed by atoms with van der Waals surface area (Å²) in [5.74, 6) is 1.01. The summed E-state index contributed by atoms with van der Waals surface area (Å²) in [5.41, 5.74) is 1.47. The molecular formula is C22H28ClN5O3S. The van der Waals surface area contributed by atoms with Crippen LogP contribution in [0.3, 0.4) is 0 Å². The number of nitrogens with zero attached hydrogens (tertiary/aromatic N) is 4. The molecule has 1 aromatic carbocycles. The van der Waals surface area contributed by atoms with E-state index in [0.29, 0.717) is 35.9 Å². The average molecular weight is 478 g/mol. The van der Waals surface area contributed by atoms with Gasteiger partial charge in [0.2, 0.25) is 15.9 Å². The Labute approximate surface area is 193 Å². The second-order valence-electron chi connectivity index (χ2n) is 7.33. The van der Waals surface area contributed by atoms with Crippen molar-refractivity contribution in [2.45, 2.75) is 51.5 Å². The third-order valence-electron chi connectivity index (χ3n) is 5.16. The van der Waals surface area contributed by atoms with Crippen LogP contribution in [-0.2, 0) is 27.8 Å². The maximum Gasteiger partial charge on any atom is 0.243 e. The second-order valence-corrected chi connectivity index (χ2v) is 9.70. The average Bonchev–Trinajstić information content (AvgIpc) is 3.11. The number of aromatic nitrogens is 3. The first kappa shape index (κ1) is 24.2. The number of pyridine rings is 1. The van der Waals surface area contributed by atoms with Crippen LogP contribution in [0.5, 0.6) is 0 Å². The quantitative estimate of drug-likeness (QED) is 0.474. The third-order valence-corrected chi connectivity index (χ3v) is 7.43.